The van der Waals surface area contributed by atoms with E-state index in [9.17, 15) is 4.79 Å². The number of rotatable bonds is 1. The Balaban J connectivity index is 1.55. The van der Waals surface area contributed by atoms with Crippen molar-refractivity contribution in [2.24, 2.45) is 0 Å². The highest BCUT2D eigenvalue weighted by Gasteiger charge is 2.16. The summed E-state index contributed by atoms with van der Waals surface area (Å²) in [6.07, 6.45) is 0. The Labute approximate surface area is 212 Å². The van der Waals surface area contributed by atoms with Crippen molar-refractivity contribution in [2.45, 2.75) is 0 Å². The molecule has 0 saturated carbocycles. The predicted octanol–water partition coefficient (Wildman–Crippen LogP) is 8.76. The standard InChI is InChI=1S/C35H21NO/c37-35-30-13-6-5-12-28(30)32-20-24-10-3-4-11-25(24)21-34(32)36(35)33-15-7-14-27-29(33)17-16-26-18-22-8-1-2-9-23(22)19-31(26)27/h1-21H. The van der Waals surface area contributed by atoms with Crippen molar-refractivity contribution < 1.29 is 0 Å². The number of benzene rings is 7. The van der Waals surface area contributed by atoms with Gasteiger partial charge in [0.2, 0.25) is 0 Å². The van der Waals surface area contributed by atoms with Crippen LogP contribution in [-0.2, 0) is 0 Å². The maximum atomic E-state index is 14.1. The molecule has 0 N–H and O–H groups in total. The van der Waals surface area contributed by atoms with Gasteiger partial charge in [0.25, 0.3) is 5.56 Å². The van der Waals surface area contributed by atoms with Crippen LogP contribution in [0.1, 0.15) is 0 Å². The molecule has 1 aromatic heterocycles. The zero-order valence-corrected chi connectivity index (χ0v) is 20.0. The molecule has 0 spiro atoms. The van der Waals surface area contributed by atoms with Gasteiger partial charge in [-0.2, -0.15) is 0 Å². The van der Waals surface area contributed by atoms with E-state index in [1.807, 2.05) is 28.8 Å². The summed E-state index contributed by atoms with van der Waals surface area (Å²) in [7, 11) is 0. The van der Waals surface area contributed by atoms with Crippen LogP contribution in [-0.4, -0.2) is 4.57 Å². The van der Waals surface area contributed by atoms with Gasteiger partial charge in [0.1, 0.15) is 0 Å². The number of fused-ring (bicyclic) bond motifs is 8. The first-order valence-electron chi connectivity index (χ1n) is 12.6. The van der Waals surface area contributed by atoms with E-state index in [2.05, 4.69) is 103 Å². The molecule has 37 heavy (non-hydrogen) atoms. The zero-order chi connectivity index (χ0) is 24.5. The smallest absolute Gasteiger partial charge is 0.263 e. The van der Waals surface area contributed by atoms with Crippen LogP contribution < -0.4 is 5.56 Å². The van der Waals surface area contributed by atoms with E-state index in [4.69, 9.17) is 0 Å². The van der Waals surface area contributed by atoms with Crippen molar-refractivity contribution in [3.05, 3.63) is 138 Å². The van der Waals surface area contributed by atoms with Crippen LogP contribution in [0, 0.1) is 0 Å². The minimum Gasteiger partial charge on any atom is -0.276 e. The fourth-order valence-corrected chi connectivity index (χ4v) is 5.96. The molecule has 0 fully saturated rings. The van der Waals surface area contributed by atoms with Gasteiger partial charge in [-0.25, -0.2) is 0 Å². The fourth-order valence-electron chi connectivity index (χ4n) is 5.96. The number of nitrogens with zero attached hydrogens (tertiary/aromatic N) is 1. The average molecular weight is 472 g/mol. The van der Waals surface area contributed by atoms with Gasteiger partial charge in [0, 0.05) is 16.2 Å². The summed E-state index contributed by atoms with van der Waals surface area (Å²) in [6.45, 7) is 0. The molecule has 0 radical (unpaired) electrons. The Bertz CT molecular complexity index is 2270. The molecular formula is C35H21NO. The molecule has 0 unspecified atom stereocenters. The molecule has 0 aliphatic carbocycles. The Morgan fingerprint density at radius 3 is 1.70 bits per heavy atom. The van der Waals surface area contributed by atoms with E-state index in [1.54, 1.807) is 0 Å². The summed E-state index contributed by atoms with van der Waals surface area (Å²) >= 11 is 0. The minimum absolute atomic E-state index is 0.00416. The third-order valence-electron chi connectivity index (χ3n) is 7.72. The van der Waals surface area contributed by atoms with Crippen molar-refractivity contribution in [2.75, 3.05) is 0 Å². The van der Waals surface area contributed by atoms with Crippen molar-refractivity contribution in [3.63, 3.8) is 0 Å². The summed E-state index contributed by atoms with van der Waals surface area (Å²) in [5.74, 6) is 0. The monoisotopic (exact) mass is 471 g/mol. The van der Waals surface area contributed by atoms with Gasteiger partial charge in [0.05, 0.1) is 11.2 Å². The van der Waals surface area contributed by atoms with E-state index in [0.29, 0.717) is 0 Å². The molecule has 0 aliphatic rings. The van der Waals surface area contributed by atoms with Crippen LogP contribution in [0.5, 0.6) is 0 Å². The first-order valence-corrected chi connectivity index (χ1v) is 12.6. The lowest BCUT2D eigenvalue weighted by Crippen LogP contribution is -2.19. The number of hydrogen-bond acceptors (Lipinski definition) is 1. The van der Waals surface area contributed by atoms with Crippen LogP contribution in [0.4, 0.5) is 0 Å². The van der Waals surface area contributed by atoms with Gasteiger partial charge < -0.3 is 0 Å². The van der Waals surface area contributed by atoms with E-state index in [0.717, 1.165) is 43.5 Å². The maximum absolute atomic E-state index is 14.1. The first-order chi connectivity index (χ1) is 18.3. The number of aromatic nitrogens is 1. The van der Waals surface area contributed by atoms with Gasteiger partial charge in [-0.1, -0.05) is 91.0 Å². The Morgan fingerprint density at radius 2 is 0.946 bits per heavy atom. The molecule has 2 nitrogen and oxygen atoms in total. The van der Waals surface area contributed by atoms with E-state index < -0.39 is 0 Å². The molecule has 0 saturated heterocycles. The normalized spacial score (nSPS) is 11.9. The lowest BCUT2D eigenvalue weighted by molar-refractivity contribution is 1.07. The van der Waals surface area contributed by atoms with Crippen molar-refractivity contribution in [3.8, 4) is 5.69 Å². The van der Waals surface area contributed by atoms with Gasteiger partial charge >= 0.3 is 0 Å². The fraction of sp³-hybridized carbons (Fsp3) is 0. The SMILES string of the molecule is O=c1c2ccccc2c2cc3ccccc3cc2n1-c1cccc2c1ccc1cc3ccccc3cc12. The summed E-state index contributed by atoms with van der Waals surface area (Å²) < 4.78 is 1.92. The molecule has 0 aliphatic heterocycles. The zero-order valence-electron chi connectivity index (χ0n) is 20.0. The van der Waals surface area contributed by atoms with Crippen LogP contribution >= 0.6 is 0 Å². The van der Waals surface area contributed by atoms with Crippen molar-refractivity contribution in [1.29, 1.82) is 0 Å². The van der Waals surface area contributed by atoms with Crippen LogP contribution in [0.2, 0.25) is 0 Å². The Hall–Kier alpha value is -4.95. The predicted molar refractivity (Wildman–Crippen MR) is 157 cm³/mol. The largest absolute Gasteiger partial charge is 0.276 e. The summed E-state index contributed by atoms with van der Waals surface area (Å²) in [6, 6.07) is 44.3. The van der Waals surface area contributed by atoms with Crippen LogP contribution in [0.25, 0.3) is 70.5 Å². The van der Waals surface area contributed by atoms with Gasteiger partial charge in [-0.05, 0) is 79.5 Å². The topological polar surface area (TPSA) is 22.0 Å². The van der Waals surface area contributed by atoms with Crippen LogP contribution in [0.3, 0.4) is 0 Å². The molecule has 7 aromatic carbocycles. The van der Waals surface area contributed by atoms with E-state index in [1.165, 1.54) is 26.9 Å². The molecular weight excluding hydrogens is 450 g/mol. The third kappa shape index (κ3) is 2.90. The highest BCUT2D eigenvalue weighted by atomic mass is 16.1. The summed E-state index contributed by atoms with van der Waals surface area (Å²) in [5, 5.41) is 12.1. The molecule has 0 bridgehead atoms. The number of hydrogen-bond donors (Lipinski definition) is 0. The second-order valence-corrected chi connectivity index (χ2v) is 9.76. The second kappa shape index (κ2) is 7.52. The first kappa shape index (κ1) is 20.3. The van der Waals surface area contributed by atoms with Gasteiger partial charge in [0.15, 0.2) is 0 Å². The highest BCUT2D eigenvalue weighted by molar-refractivity contribution is 6.15. The molecule has 172 valence electrons. The lowest BCUT2D eigenvalue weighted by atomic mass is 9.97. The van der Waals surface area contributed by atoms with Crippen LogP contribution in [0.15, 0.2) is 132 Å². The third-order valence-corrected chi connectivity index (χ3v) is 7.72. The van der Waals surface area contributed by atoms with E-state index >= 15 is 0 Å². The second-order valence-electron chi connectivity index (χ2n) is 9.76. The average Bonchev–Trinajstić information content (AvgIpc) is 2.95. The minimum atomic E-state index is 0.00416. The molecule has 2 heteroatoms. The van der Waals surface area contributed by atoms with Gasteiger partial charge in [-0.3, -0.25) is 9.36 Å². The maximum Gasteiger partial charge on any atom is 0.263 e. The quantitative estimate of drug-likeness (QED) is 0.173. The number of pyridine rings is 1. The molecule has 0 atom stereocenters. The van der Waals surface area contributed by atoms with Crippen molar-refractivity contribution >= 4 is 64.8 Å². The van der Waals surface area contributed by atoms with Crippen molar-refractivity contribution in [1.82, 2.24) is 4.57 Å². The Morgan fingerprint density at radius 1 is 0.378 bits per heavy atom. The lowest BCUT2D eigenvalue weighted by Gasteiger charge is -2.17. The molecule has 8 aromatic rings. The summed E-state index contributed by atoms with van der Waals surface area (Å²) in [4.78, 5) is 14.1. The Kier molecular flexibility index (Phi) is 4.12. The highest BCUT2D eigenvalue weighted by Crippen LogP contribution is 2.35. The summed E-state index contributed by atoms with van der Waals surface area (Å²) in [5.41, 5.74) is 1.83. The van der Waals surface area contributed by atoms with Gasteiger partial charge in [-0.15, -0.1) is 0 Å². The molecule has 1 heterocycles. The molecule has 0 amide bonds. The molecule has 8 rings (SSSR count). The van der Waals surface area contributed by atoms with E-state index in [-0.39, 0.29) is 5.56 Å².